The Labute approximate surface area is 255 Å². The van der Waals surface area contributed by atoms with Crippen LogP contribution in [0.1, 0.15) is 79.8 Å². The molecule has 0 aromatic carbocycles. The minimum atomic E-state index is -3.55. The molecule has 3 fully saturated rings. The molecule has 6 aliphatic rings. The number of rotatable bonds is 9. The predicted octanol–water partition coefficient (Wildman–Crippen LogP) is 5.13. The van der Waals surface area contributed by atoms with E-state index in [0.29, 0.717) is 32.4 Å². The van der Waals surface area contributed by atoms with Gasteiger partial charge in [-0.1, -0.05) is 32.1 Å². The van der Waals surface area contributed by atoms with E-state index in [-0.39, 0.29) is 35.0 Å². The fraction of sp³-hybridized carbons (Fsp3) is 0.727. The Morgan fingerprint density at radius 3 is 2.45 bits per heavy atom. The average molecular weight is 618 g/mol. The number of carbonyl (C=O) groups is 1. The third-order valence-electron chi connectivity index (χ3n) is 12.6. The van der Waals surface area contributed by atoms with Gasteiger partial charge in [0.25, 0.3) is 0 Å². The van der Waals surface area contributed by atoms with Crippen LogP contribution in [0, 0.1) is 40.4 Å². The number of allylic oxidation sites excluding steroid dienone is 4. The molecule has 232 valence electrons. The van der Waals surface area contributed by atoms with Gasteiger partial charge in [0.05, 0.1) is 22.8 Å². The number of methoxy groups -OCH3 is 1. The molecule has 1 aromatic heterocycles. The van der Waals surface area contributed by atoms with Gasteiger partial charge >= 0.3 is 0 Å². The van der Waals surface area contributed by atoms with Crippen molar-refractivity contribution in [2.45, 2.75) is 83.8 Å². The lowest BCUT2D eigenvalue weighted by Gasteiger charge is -2.71. The van der Waals surface area contributed by atoms with E-state index in [1.165, 1.54) is 21.9 Å². The van der Waals surface area contributed by atoms with Gasteiger partial charge in [0, 0.05) is 53.5 Å². The van der Waals surface area contributed by atoms with Crippen molar-refractivity contribution < 1.29 is 28.2 Å². The summed E-state index contributed by atoms with van der Waals surface area (Å²) in [6.45, 7) is 7.35. The number of nitrogens with zero attached hydrogens (tertiary/aromatic N) is 1. The highest BCUT2D eigenvalue weighted by Crippen LogP contribution is 2.78. The SMILES string of the molecule is COCCCN(CC1(O)CCC2C34C=CC5(C=C3C(=O)c3ccc(C)s3)CC(O)CCC5(C)C4CCC21C)S(C)(=O)=O. The summed E-state index contributed by atoms with van der Waals surface area (Å²) in [6, 6.07) is 3.93. The van der Waals surface area contributed by atoms with E-state index in [4.69, 9.17) is 4.74 Å². The van der Waals surface area contributed by atoms with Gasteiger partial charge < -0.3 is 14.9 Å². The standard InChI is InChI=1S/C33H47NO6S2/c1-22-7-8-25(41-22)28(36)24-20-31-15-16-33(24)26(29(31,2)12-9-23(35)19-31)10-13-30(3)27(33)11-14-32(30,37)21-34(42(5,38)39)17-6-18-40-4/h7-8,15-16,20,23,26-27,35,37H,6,9-14,17-19,21H2,1-5H3. The van der Waals surface area contributed by atoms with Crippen molar-refractivity contribution in [2.24, 2.45) is 33.5 Å². The number of ether oxygens (including phenoxy) is 1. The normalized spacial score (nSPS) is 42.3. The lowest BCUT2D eigenvalue weighted by molar-refractivity contribution is -0.173. The van der Waals surface area contributed by atoms with Gasteiger partial charge in [-0.3, -0.25) is 4.79 Å². The molecule has 9 heteroatoms. The van der Waals surface area contributed by atoms with Crippen LogP contribution in [0.2, 0.25) is 0 Å². The number of aryl methyl sites for hydroxylation is 1. The Kier molecular flexibility index (Phi) is 7.35. The maximum Gasteiger partial charge on any atom is 0.211 e. The van der Waals surface area contributed by atoms with Gasteiger partial charge in [0.1, 0.15) is 0 Å². The Hall–Kier alpha value is -1.36. The molecule has 3 saturated carbocycles. The predicted molar refractivity (Wildman–Crippen MR) is 165 cm³/mol. The molecule has 0 aliphatic heterocycles. The molecule has 8 unspecified atom stereocenters. The largest absolute Gasteiger partial charge is 0.393 e. The monoisotopic (exact) mass is 617 g/mol. The molecular formula is C33H47NO6S2. The fourth-order valence-corrected chi connectivity index (χ4v) is 12.1. The summed E-state index contributed by atoms with van der Waals surface area (Å²) in [5, 5.41) is 23.4. The second-order valence-electron chi connectivity index (χ2n) is 14.5. The van der Waals surface area contributed by atoms with Gasteiger partial charge in [-0.25, -0.2) is 8.42 Å². The first-order chi connectivity index (χ1) is 19.7. The maximum absolute atomic E-state index is 14.5. The van der Waals surface area contributed by atoms with Crippen LogP contribution in [0.3, 0.4) is 0 Å². The summed E-state index contributed by atoms with van der Waals surface area (Å²) in [6.07, 6.45) is 13.4. The Bertz CT molecular complexity index is 1430. The molecule has 0 saturated heterocycles. The van der Waals surface area contributed by atoms with Crippen LogP contribution < -0.4 is 0 Å². The first-order valence-electron chi connectivity index (χ1n) is 15.6. The first kappa shape index (κ1) is 30.7. The molecule has 0 amide bonds. The molecular weight excluding hydrogens is 570 g/mol. The Balaban J connectivity index is 1.45. The second kappa shape index (κ2) is 10.1. The number of hydrogen-bond acceptors (Lipinski definition) is 7. The highest BCUT2D eigenvalue weighted by Gasteiger charge is 2.74. The lowest BCUT2D eigenvalue weighted by atomic mass is 9.32. The average Bonchev–Trinajstić information content (AvgIpc) is 3.47. The summed E-state index contributed by atoms with van der Waals surface area (Å²) in [5.74, 6) is 0.269. The number of ketones is 1. The van der Waals surface area contributed by atoms with Crippen molar-refractivity contribution in [3.05, 3.63) is 45.7 Å². The molecule has 42 heavy (non-hydrogen) atoms. The number of aliphatic hydroxyl groups excluding tert-OH is 1. The van der Waals surface area contributed by atoms with Gasteiger partial charge in [-0.15, -0.1) is 11.3 Å². The molecule has 2 N–H and O–H groups in total. The zero-order valence-corrected chi connectivity index (χ0v) is 27.3. The van der Waals surface area contributed by atoms with Crippen LogP contribution in [0.15, 0.2) is 35.9 Å². The summed E-state index contributed by atoms with van der Waals surface area (Å²) < 4.78 is 32.4. The number of sulfonamides is 1. The first-order valence-corrected chi connectivity index (χ1v) is 18.2. The lowest BCUT2D eigenvalue weighted by Crippen LogP contribution is -2.67. The molecule has 1 aromatic rings. The van der Waals surface area contributed by atoms with E-state index >= 15 is 0 Å². The summed E-state index contributed by atoms with van der Waals surface area (Å²) in [4.78, 5) is 16.3. The minimum Gasteiger partial charge on any atom is -0.393 e. The van der Waals surface area contributed by atoms with Crippen LogP contribution in [0.5, 0.6) is 0 Å². The van der Waals surface area contributed by atoms with Crippen molar-refractivity contribution in [3.8, 4) is 0 Å². The van der Waals surface area contributed by atoms with E-state index in [2.05, 4.69) is 32.1 Å². The molecule has 8 atom stereocenters. The molecule has 0 radical (unpaired) electrons. The van der Waals surface area contributed by atoms with E-state index in [1.54, 1.807) is 7.11 Å². The van der Waals surface area contributed by atoms with Gasteiger partial charge in [-0.2, -0.15) is 4.31 Å². The Morgan fingerprint density at radius 2 is 1.79 bits per heavy atom. The topological polar surface area (TPSA) is 104 Å². The zero-order chi connectivity index (χ0) is 30.3. The van der Waals surface area contributed by atoms with E-state index in [9.17, 15) is 23.4 Å². The van der Waals surface area contributed by atoms with Crippen LogP contribution >= 0.6 is 11.3 Å². The minimum absolute atomic E-state index is 0.0105. The van der Waals surface area contributed by atoms with Crippen molar-refractivity contribution >= 4 is 27.1 Å². The van der Waals surface area contributed by atoms with Crippen LogP contribution in [0.4, 0.5) is 0 Å². The quantitative estimate of drug-likeness (QED) is 0.226. The van der Waals surface area contributed by atoms with E-state index < -0.39 is 32.6 Å². The summed E-state index contributed by atoms with van der Waals surface area (Å²) in [5.41, 5.74) is -1.97. The van der Waals surface area contributed by atoms with Crippen molar-refractivity contribution in [1.29, 1.82) is 0 Å². The van der Waals surface area contributed by atoms with Crippen molar-refractivity contribution in [3.63, 3.8) is 0 Å². The van der Waals surface area contributed by atoms with Crippen LogP contribution in [-0.4, -0.2) is 73.5 Å². The Morgan fingerprint density at radius 1 is 1.10 bits per heavy atom. The fourth-order valence-electron chi connectivity index (χ4n) is 10.3. The third-order valence-corrected chi connectivity index (χ3v) is 14.8. The molecule has 6 aliphatic carbocycles. The molecule has 7 nitrogen and oxygen atoms in total. The number of Topliss-reactive ketones (excluding diaryl/α,β-unsaturated/α-hetero) is 1. The van der Waals surface area contributed by atoms with Gasteiger partial charge in [0.2, 0.25) is 10.0 Å². The summed E-state index contributed by atoms with van der Waals surface area (Å²) >= 11 is 1.53. The maximum atomic E-state index is 14.5. The number of hydrogen-bond donors (Lipinski definition) is 2. The highest BCUT2D eigenvalue weighted by atomic mass is 32.2. The molecule has 2 bridgehead atoms. The van der Waals surface area contributed by atoms with Crippen LogP contribution in [0.25, 0.3) is 0 Å². The van der Waals surface area contributed by atoms with Crippen LogP contribution in [-0.2, 0) is 14.8 Å². The number of thiophene rings is 1. The van der Waals surface area contributed by atoms with Crippen molar-refractivity contribution in [2.75, 3.05) is 33.1 Å². The van der Waals surface area contributed by atoms with Gasteiger partial charge in [-0.05, 0) is 87.7 Å². The third kappa shape index (κ3) is 4.17. The van der Waals surface area contributed by atoms with Gasteiger partial charge in [0.15, 0.2) is 5.78 Å². The molecule has 1 heterocycles. The van der Waals surface area contributed by atoms with Crippen molar-refractivity contribution in [1.82, 2.24) is 4.31 Å². The van der Waals surface area contributed by atoms with E-state index in [0.717, 1.165) is 47.4 Å². The molecule has 7 rings (SSSR count). The van der Waals surface area contributed by atoms with E-state index in [1.807, 2.05) is 19.1 Å². The smallest absolute Gasteiger partial charge is 0.211 e. The zero-order valence-electron chi connectivity index (χ0n) is 25.7. The molecule has 2 spiro atoms. The highest BCUT2D eigenvalue weighted by molar-refractivity contribution is 7.88. The number of aliphatic hydroxyl groups is 2. The number of carbonyl (C=O) groups excluding carboxylic acids is 1. The second-order valence-corrected chi connectivity index (χ2v) is 17.8. The summed E-state index contributed by atoms with van der Waals surface area (Å²) in [7, 11) is -1.94. The number of fused-ring (bicyclic) bond motifs is 1.